The third-order valence-corrected chi connectivity index (χ3v) is 5.46. The first kappa shape index (κ1) is 23.1. The molecule has 30 heavy (non-hydrogen) atoms. The molecule has 1 aromatic carbocycles. The fraction of sp³-hybridized carbons (Fsp3) is 0.696. The molecule has 2 heterocycles. The number of carbonyl (C=O) groups is 1. The van der Waals surface area contributed by atoms with Gasteiger partial charge in [-0.05, 0) is 65.4 Å². The molecule has 2 aliphatic rings. The molecule has 0 N–H and O–H groups in total. The lowest BCUT2D eigenvalue weighted by Crippen LogP contribution is -2.51. The van der Waals surface area contributed by atoms with Crippen LogP contribution >= 0.6 is 0 Å². The van der Waals surface area contributed by atoms with E-state index in [1.165, 1.54) is 5.56 Å². The smallest absolute Gasteiger partial charge is 0.444 e. The van der Waals surface area contributed by atoms with Gasteiger partial charge in [0.25, 0.3) is 0 Å². The number of benzene rings is 1. The highest BCUT2D eigenvalue weighted by Gasteiger charge is 2.38. The number of hydrogen-bond acceptors (Lipinski definition) is 5. The number of hydrogen-bond donors (Lipinski definition) is 0. The van der Waals surface area contributed by atoms with Crippen molar-refractivity contribution >= 4 is 18.7 Å². The van der Waals surface area contributed by atoms with Crippen LogP contribution in [0.1, 0.15) is 59.9 Å². The fourth-order valence-electron chi connectivity index (χ4n) is 4.14. The van der Waals surface area contributed by atoms with E-state index in [9.17, 15) is 4.79 Å². The maximum absolute atomic E-state index is 12.3. The van der Waals surface area contributed by atoms with E-state index < -0.39 is 5.60 Å². The van der Waals surface area contributed by atoms with Gasteiger partial charge >= 0.3 is 13.2 Å². The highest BCUT2D eigenvalue weighted by molar-refractivity contribution is 6.61. The summed E-state index contributed by atoms with van der Waals surface area (Å²) >= 11 is 0. The molecule has 1 aromatic rings. The van der Waals surface area contributed by atoms with Crippen LogP contribution in [-0.4, -0.2) is 66.5 Å². The van der Waals surface area contributed by atoms with Crippen LogP contribution in [0, 0.1) is 0 Å². The van der Waals surface area contributed by atoms with Crippen molar-refractivity contribution < 1.29 is 18.8 Å². The molecule has 166 valence electrons. The number of ether oxygens (including phenoxy) is 1. The topological polar surface area (TPSA) is 51.2 Å². The molecule has 1 atom stereocenters. The zero-order chi connectivity index (χ0) is 21.9. The van der Waals surface area contributed by atoms with Crippen LogP contribution in [0.25, 0.3) is 0 Å². The van der Waals surface area contributed by atoms with Crippen LogP contribution < -0.4 is 5.46 Å². The summed E-state index contributed by atoms with van der Waals surface area (Å²) in [6.45, 7) is 16.2. The lowest BCUT2D eigenvalue weighted by Gasteiger charge is -2.38. The Hall–Kier alpha value is -1.57. The lowest BCUT2D eigenvalue weighted by atomic mass is 9.75. The normalized spacial score (nSPS) is 23.2. The third-order valence-electron chi connectivity index (χ3n) is 5.46. The maximum Gasteiger partial charge on any atom is 0.494 e. The predicted octanol–water partition coefficient (Wildman–Crippen LogP) is 3.43. The van der Waals surface area contributed by atoms with E-state index in [4.69, 9.17) is 14.0 Å². The Bertz CT molecular complexity index is 717. The van der Waals surface area contributed by atoms with Crippen LogP contribution in [0.15, 0.2) is 24.3 Å². The summed E-state index contributed by atoms with van der Waals surface area (Å²) in [7, 11) is -0.307. The molecule has 2 aliphatic heterocycles. The average molecular weight is 416 g/mol. The van der Waals surface area contributed by atoms with Gasteiger partial charge in [0.15, 0.2) is 0 Å². The average Bonchev–Trinajstić information content (AvgIpc) is 2.85. The summed E-state index contributed by atoms with van der Waals surface area (Å²) in [5, 5.41) is 0. The Morgan fingerprint density at radius 2 is 1.87 bits per heavy atom. The molecule has 1 amide bonds. The van der Waals surface area contributed by atoms with Crippen molar-refractivity contribution in [3.63, 3.8) is 0 Å². The number of nitrogens with zero attached hydrogens (tertiary/aromatic N) is 2. The van der Waals surface area contributed by atoms with Crippen molar-refractivity contribution in [2.24, 2.45) is 0 Å². The summed E-state index contributed by atoms with van der Waals surface area (Å²) in [6.07, 6.45) is 1.83. The van der Waals surface area contributed by atoms with Gasteiger partial charge in [-0.1, -0.05) is 24.3 Å². The Morgan fingerprint density at radius 1 is 1.17 bits per heavy atom. The van der Waals surface area contributed by atoms with E-state index >= 15 is 0 Å². The maximum atomic E-state index is 12.3. The van der Waals surface area contributed by atoms with Gasteiger partial charge in [0, 0.05) is 38.8 Å². The van der Waals surface area contributed by atoms with E-state index in [0.29, 0.717) is 6.54 Å². The third kappa shape index (κ3) is 6.72. The van der Waals surface area contributed by atoms with E-state index in [1.54, 1.807) is 0 Å². The van der Waals surface area contributed by atoms with Gasteiger partial charge in [0.05, 0.1) is 5.60 Å². The first-order valence-corrected chi connectivity index (χ1v) is 11.1. The van der Waals surface area contributed by atoms with Crippen LogP contribution in [-0.2, 0) is 20.6 Å². The summed E-state index contributed by atoms with van der Waals surface area (Å²) in [6, 6.07) is 8.54. The second kappa shape index (κ2) is 9.29. The second-order valence-electron chi connectivity index (χ2n) is 10.2. The quantitative estimate of drug-likeness (QED) is 0.707. The van der Waals surface area contributed by atoms with Crippen LogP contribution in [0.4, 0.5) is 4.79 Å². The summed E-state index contributed by atoms with van der Waals surface area (Å²) in [5.74, 6) is 0. The number of amides is 1. The van der Waals surface area contributed by atoms with Crippen LogP contribution in [0.2, 0.25) is 0 Å². The van der Waals surface area contributed by atoms with Crippen molar-refractivity contribution in [3.05, 3.63) is 29.8 Å². The highest BCUT2D eigenvalue weighted by atomic mass is 16.6. The van der Waals surface area contributed by atoms with Gasteiger partial charge in [-0.15, -0.1) is 0 Å². The SMILES string of the molecule is CC1CC(C)(C)OB(c2ccc(CN3CCCN(C(=O)OC(C)(C)C)CC3)cc2)O1. The molecule has 0 saturated carbocycles. The molecule has 0 spiro atoms. The summed E-state index contributed by atoms with van der Waals surface area (Å²) in [4.78, 5) is 16.6. The first-order chi connectivity index (χ1) is 14.0. The molecule has 2 saturated heterocycles. The Labute approximate surface area is 182 Å². The minimum atomic E-state index is -0.455. The zero-order valence-corrected chi connectivity index (χ0v) is 19.4. The van der Waals surface area contributed by atoms with E-state index in [1.807, 2.05) is 25.7 Å². The van der Waals surface area contributed by atoms with Crippen molar-refractivity contribution in [1.29, 1.82) is 0 Å². The van der Waals surface area contributed by atoms with Crippen molar-refractivity contribution in [1.82, 2.24) is 9.80 Å². The Balaban J connectivity index is 1.54. The predicted molar refractivity (Wildman–Crippen MR) is 120 cm³/mol. The number of carbonyl (C=O) groups excluding carboxylic acids is 1. The van der Waals surface area contributed by atoms with Crippen LogP contribution in [0.3, 0.4) is 0 Å². The minimum absolute atomic E-state index is 0.174. The molecular weight excluding hydrogens is 379 g/mol. The van der Waals surface area contributed by atoms with Crippen molar-refractivity contribution in [2.75, 3.05) is 26.2 Å². The first-order valence-electron chi connectivity index (χ1n) is 11.1. The fourth-order valence-corrected chi connectivity index (χ4v) is 4.14. The van der Waals surface area contributed by atoms with Crippen LogP contribution in [0.5, 0.6) is 0 Å². The van der Waals surface area contributed by atoms with Gasteiger partial charge in [0.2, 0.25) is 0 Å². The molecule has 0 aliphatic carbocycles. The molecule has 2 fully saturated rings. The molecule has 0 bridgehead atoms. The minimum Gasteiger partial charge on any atom is -0.444 e. The molecule has 7 heteroatoms. The van der Waals surface area contributed by atoms with E-state index in [-0.39, 0.29) is 24.9 Å². The molecule has 0 aromatic heterocycles. The van der Waals surface area contributed by atoms with Gasteiger partial charge in [-0.3, -0.25) is 4.90 Å². The zero-order valence-electron chi connectivity index (χ0n) is 19.4. The lowest BCUT2D eigenvalue weighted by molar-refractivity contribution is -0.0229. The van der Waals surface area contributed by atoms with Gasteiger partial charge in [-0.25, -0.2) is 4.79 Å². The molecule has 0 radical (unpaired) electrons. The van der Waals surface area contributed by atoms with E-state index in [2.05, 4.69) is 49.9 Å². The van der Waals surface area contributed by atoms with Crippen molar-refractivity contribution in [3.8, 4) is 0 Å². The summed E-state index contributed by atoms with van der Waals surface area (Å²) < 4.78 is 17.6. The highest BCUT2D eigenvalue weighted by Crippen LogP contribution is 2.25. The molecule has 6 nitrogen and oxygen atoms in total. The standard InChI is InChI=1S/C23H37BN2O4/c1-18-16-23(5,6)30-24(29-18)20-10-8-19(9-11-20)17-25-12-7-13-26(15-14-25)21(27)28-22(2,3)4/h8-11,18H,7,12-17H2,1-6H3. The molecular formula is C23H37BN2O4. The monoisotopic (exact) mass is 416 g/mol. The van der Waals surface area contributed by atoms with Gasteiger partial charge in [-0.2, -0.15) is 0 Å². The Morgan fingerprint density at radius 3 is 2.50 bits per heavy atom. The van der Waals surface area contributed by atoms with Gasteiger partial charge < -0.3 is 18.9 Å². The second-order valence-corrected chi connectivity index (χ2v) is 10.2. The summed E-state index contributed by atoms with van der Waals surface area (Å²) in [5.41, 5.74) is 1.69. The number of rotatable bonds is 3. The van der Waals surface area contributed by atoms with Gasteiger partial charge in [0.1, 0.15) is 5.60 Å². The van der Waals surface area contributed by atoms with Crippen molar-refractivity contribution in [2.45, 2.75) is 78.2 Å². The van der Waals surface area contributed by atoms with E-state index in [0.717, 1.165) is 44.5 Å². The molecule has 1 unspecified atom stereocenters. The largest absolute Gasteiger partial charge is 0.494 e. The molecule has 3 rings (SSSR count). The Kier molecular flexibility index (Phi) is 7.15.